The van der Waals surface area contributed by atoms with Crippen LogP contribution in [0.1, 0.15) is 51.5 Å². The molecule has 0 saturated carbocycles. The predicted molar refractivity (Wildman–Crippen MR) is 186 cm³/mol. The fourth-order valence-electron chi connectivity index (χ4n) is 6.30. The fraction of sp³-hybridized carbons (Fsp3) is 0.222. The lowest BCUT2D eigenvalue weighted by atomic mass is 10.0. The van der Waals surface area contributed by atoms with Crippen molar-refractivity contribution in [1.29, 1.82) is 0 Å². The van der Waals surface area contributed by atoms with Crippen LogP contribution in [0.4, 0.5) is 0 Å². The molecule has 3 aromatic carbocycles. The van der Waals surface area contributed by atoms with Crippen LogP contribution >= 0.6 is 15.9 Å². The maximum atomic E-state index is 14.3. The van der Waals surface area contributed by atoms with Crippen molar-refractivity contribution in [3.63, 3.8) is 0 Å². The van der Waals surface area contributed by atoms with Gasteiger partial charge < -0.3 is 10.2 Å². The van der Waals surface area contributed by atoms with Crippen molar-refractivity contribution >= 4 is 38.6 Å². The predicted octanol–water partition coefficient (Wildman–Crippen LogP) is 5.51. The Kier molecular flexibility index (Phi) is 8.26. The summed E-state index contributed by atoms with van der Waals surface area (Å²) in [6, 6.07) is 20.3. The highest BCUT2D eigenvalue weighted by Gasteiger charge is 2.35. The second kappa shape index (κ2) is 12.7. The normalized spacial score (nSPS) is 14.2. The minimum Gasteiger partial charge on any atom is -0.347 e. The zero-order valence-corrected chi connectivity index (χ0v) is 28.3. The van der Waals surface area contributed by atoms with Gasteiger partial charge in [0.05, 0.1) is 29.1 Å². The van der Waals surface area contributed by atoms with E-state index >= 15 is 0 Å². The van der Waals surface area contributed by atoms with E-state index in [0.717, 1.165) is 37.8 Å². The van der Waals surface area contributed by atoms with Crippen molar-refractivity contribution in [3.8, 4) is 16.9 Å². The third-order valence-electron chi connectivity index (χ3n) is 8.86. The van der Waals surface area contributed by atoms with Gasteiger partial charge in [0.1, 0.15) is 12.0 Å². The van der Waals surface area contributed by atoms with E-state index in [4.69, 9.17) is 0 Å². The lowest BCUT2D eigenvalue weighted by molar-refractivity contribution is 0.0610. The molecule has 0 fully saturated rings. The van der Waals surface area contributed by atoms with Crippen molar-refractivity contribution < 1.29 is 9.59 Å². The SMILES string of the molecule is CCn1cc2cc(-n3c(C(=O)NCc4ccccc4-c4ccncn4)c4n(c3=O)C[C@H](C)N(C(=O)c3ccc(Br)c(C)c3)C4)ccc2n1. The largest absolute Gasteiger partial charge is 0.347 e. The van der Waals surface area contributed by atoms with Crippen LogP contribution in [0.15, 0.2) is 94.7 Å². The van der Waals surface area contributed by atoms with Gasteiger partial charge in [-0.25, -0.2) is 14.8 Å². The second-order valence-corrected chi connectivity index (χ2v) is 12.8. The molecule has 12 heteroatoms. The van der Waals surface area contributed by atoms with E-state index in [9.17, 15) is 14.4 Å². The molecule has 1 N–H and O–H groups in total. The Hall–Kier alpha value is -5.36. The monoisotopic (exact) mass is 704 g/mol. The van der Waals surface area contributed by atoms with Gasteiger partial charge in [-0.3, -0.25) is 23.4 Å². The number of fused-ring (bicyclic) bond motifs is 2. The molecule has 6 aromatic rings. The topological polar surface area (TPSA) is 120 Å². The van der Waals surface area contributed by atoms with E-state index in [0.29, 0.717) is 23.5 Å². The minimum atomic E-state index is -0.427. The minimum absolute atomic E-state index is 0.0909. The molecule has 0 saturated heterocycles. The fourth-order valence-corrected chi connectivity index (χ4v) is 6.55. The molecule has 3 aromatic heterocycles. The first-order valence-corrected chi connectivity index (χ1v) is 16.5. The molecule has 0 unspecified atom stereocenters. The Balaban J connectivity index is 1.30. The van der Waals surface area contributed by atoms with Crippen LogP contribution in [0.5, 0.6) is 0 Å². The van der Waals surface area contributed by atoms with Crippen molar-refractivity contribution in [3.05, 3.63) is 128 Å². The molecular weight excluding hydrogens is 672 g/mol. The molecule has 7 rings (SSSR count). The van der Waals surface area contributed by atoms with E-state index < -0.39 is 5.91 Å². The summed E-state index contributed by atoms with van der Waals surface area (Å²) >= 11 is 3.51. The van der Waals surface area contributed by atoms with Gasteiger partial charge in [0.2, 0.25) is 0 Å². The van der Waals surface area contributed by atoms with Crippen LogP contribution in [0.3, 0.4) is 0 Å². The molecule has 1 aliphatic rings. The van der Waals surface area contributed by atoms with E-state index in [2.05, 4.69) is 36.3 Å². The van der Waals surface area contributed by atoms with Crippen LogP contribution in [0.2, 0.25) is 0 Å². The first-order valence-electron chi connectivity index (χ1n) is 15.7. The zero-order valence-electron chi connectivity index (χ0n) is 26.7. The Morgan fingerprint density at radius 2 is 1.90 bits per heavy atom. The van der Waals surface area contributed by atoms with Crippen LogP contribution in [0.25, 0.3) is 27.8 Å². The lowest BCUT2D eigenvalue weighted by Gasteiger charge is -2.34. The Morgan fingerprint density at radius 1 is 1.06 bits per heavy atom. The van der Waals surface area contributed by atoms with Gasteiger partial charge >= 0.3 is 5.69 Å². The number of aryl methyl sites for hydroxylation is 2. The van der Waals surface area contributed by atoms with E-state index in [-0.39, 0.29) is 43.0 Å². The van der Waals surface area contributed by atoms with Gasteiger partial charge in [0, 0.05) is 59.1 Å². The maximum absolute atomic E-state index is 14.3. The number of hydrogen-bond donors (Lipinski definition) is 1. The summed E-state index contributed by atoms with van der Waals surface area (Å²) in [7, 11) is 0. The first-order chi connectivity index (χ1) is 23.2. The summed E-state index contributed by atoms with van der Waals surface area (Å²) in [4.78, 5) is 52.6. The first kappa shape index (κ1) is 31.3. The molecule has 4 heterocycles. The molecule has 2 amide bonds. The van der Waals surface area contributed by atoms with Crippen molar-refractivity contribution in [2.75, 3.05) is 0 Å². The highest BCUT2D eigenvalue weighted by atomic mass is 79.9. The zero-order chi connectivity index (χ0) is 33.5. The number of carbonyl (C=O) groups is 2. The highest BCUT2D eigenvalue weighted by molar-refractivity contribution is 9.10. The van der Waals surface area contributed by atoms with E-state index in [1.165, 1.54) is 10.9 Å². The molecule has 1 atom stereocenters. The Labute approximate surface area is 285 Å². The maximum Gasteiger partial charge on any atom is 0.333 e. The Bertz CT molecular complexity index is 2260. The van der Waals surface area contributed by atoms with Gasteiger partial charge in [-0.05, 0) is 74.4 Å². The number of hydrogen-bond acceptors (Lipinski definition) is 6. The number of rotatable bonds is 7. The molecule has 0 spiro atoms. The summed E-state index contributed by atoms with van der Waals surface area (Å²) in [6.45, 7) is 7.10. The third-order valence-corrected chi connectivity index (χ3v) is 9.75. The number of imidazole rings is 1. The second-order valence-electron chi connectivity index (χ2n) is 11.9. The van der Waals surface area contributed by atoms with Gasteiger partial charge in [0.25, 0.3) is 11.8 Å². The lowest BCUT2D eigenvalue weighted by Crippen LogP contribution is -2.47. The van der Waals surface area contributed by atoms with Gasteiger partial charge in [0.15, 0.2) is 0 Å². The molecule has 48 heavy (non-hydrogen) atoms. The third kappa shape index (κ3) is 5.62. The Morgan fingerprint density at radius 3 is 2.67 bits per heavy atom. The van der Waals surface area contributed by atoms with Crippen LogP contribution < -0.4 is 11.0 Å². The van der Waals surface area contributed by atoms with Crippen LogP contribution in [-0.4, -0.2) is 51.6 Å². The summed E-state index contributed by atoms with van der Waals surface area (Å²) in [5, 5.41) is 8.50. The van der Waals surface area contributed by atoms with E-state index in [1.807, 2.05) is 86.2 Å². The van der Waals surface area contributed by atoms with Gasteiger partial charge in [-0.1, -0.05) is 40.2 Å². The molecule has 11 nitrogen and oxygen atoms in total. The van der Waals surface area contributed by atoms with Gasteiger partial charge in [-0.2, -0.15) is 5.10 Å². The van der Waals surface area contributed by atoms with Gasteiger partial charge in [-0.15, -0.1) is 0 Å². The molecule has 0 aliphatic carbocycles. The molecule has 0 bridgehead atoms. The average Bonchev–Trinajstić information content (AvgIpc) is 3.65. The van der Waals surface area contributed by atoms with Crippen LogP contribution in [0, 0.1) is 6.92 Å². The average molecular weight is 706 g/mol. The highest BCUT2D eigenvalue weighted by Crippen LogP contribution is 2.27. The molecular formula is C36H33BrN8O3. The number of nitrogens with one attached hydrogen (secondary N) is 1. The number of amides is 2. The summed E-state index contributed by atoms with van der Waals surface area (Å²) in [5.41, 5.74) is 5.62. The van der Waals surface area contributed by atoms with Crippen molar-refractivity contribution in [2.24, 2.45) is 0 Å². The molecule has 242 valence electrons. The standard InChI is InChI=1S/C36H33BrN8O3/c1-4-42-19-26-16-27(10-12-30(26)41-42)45-33(34(46)39-17-25-7-5-6-8-28(25)31-13-14-38-21-40-31)32-20-43(23(3)18-44(32)36(45)48)35(47)24-9-11-29(37)22(2)15-24/h5-16,19,21,23H,4,17-18,20H2,1-3H3,(H,39,46)/t23-/m0/s1. The summed E-state index contributed by atoms with van der Waals surface area (Å²) < 4.78 is 5.84. The number of carbonyl (C=O) groups excluding carboxylic acids is 2. The number of nitrogens with zero attached hydrogens (tertiary/aromatic N) is 7. The quantitative estimate of drug-likeness (QED) is 0.234. The number of halogens is 1. The summed E-state index contributed by atoms with van der Waals surface area (Å²) in [5.74, 6) is -0.591. The number of aromatic nitrogens is 6. The molecule has 0 radical (unpaired) electrons. The smallest absolute Gasteiger partial charge is 0.333 e. The van der Waals surface area contributed by atoms with E-state index in [1.54, 1.807) is 27.8 Å². The van der Waals surface area contributed by atoms with Crippen molar-refractivity contribution in [2.45, 2.75) is 53.0 Å². The summed E-state index contributed by atoms with van der Waals surface area (Å²) in [6.07, 6.45) is 5.09. The number of benzene rings is 3. The molecule has 1 aliphatic heterocycles. The van der Waals surface area contributed by atoms with Crippen molar-refractivity contribution in [1.82, 2.24) is 39.1 Å². The van der Waals surface area contributed by atoms with Crippen LogP contribution in [-0.2, 0) is 26.2 Å².